The lowest BCUT2D eigenvalue weighted by molar-refractivity contribution is 0.383. The normalized spacial score (nSPS) is 15.2. The maximum absolute atomic E-state index is 12.9. The molecular formula is C21H21BrN4O3S. The number of aromatic nitrogens is 2. The van der Waals surface area contributed by atoms with Crippen molar-refractivity contribution < 1.29 is 13.2 Å². The van der Waals surface area contributed by atoms with Crippen LogP contribution in [0, 0.1) is 6.92 Å². The first-order valence-electron chi connectivity index (χ1n) is 9.51. The molecule has 1 fully saturated rings. The Kier molecular flexibility index (Phi) is 6.03. The minimum Gasteiger partial charge on any atom is -0.439 e. The summed E-state index contributed by atoms with van der Waals surface area (Å²) < 4.78 is 34.0. The van der Waals surface area contributed by atoms with E-state index in [2.05, 4.69) is 30.8 Å². The molecule has 0 atom stereocenters. The van der Waals surface area contributed by atoms with Crippen LogP contribution in [0.5, 0.6) is 11.6 Å². The Morgan fingerprint density at radius 3 is 2.27 bits per heavy atom. The van der Waals surface area contributed by atoms with Gasteiger partial charge in [0.05, 0.1) is 4.90 Å². The Hall–Kier alpha value is -2.49. The van der Waals surface area contributed by atoms with Crippen LogP contribution in [0.15, 0.2) is 70.0 Å². The van der Waals surface area contributed by atoms with Crippen molar-refractivity contribution in [3.05, 3.63) is 71.0 Å². The highest BCUT2D eigenvalue weighted by Crippen LogP contribution is 2.25. The molecule has 2 aromatic carbocycles. The molecule has 0 N–H and O–H groups in total. The van der Waals surface area contributed by atoms with Crippen LogP contribution < -0.4 is 9.64 Å². The number of ether oxygens (including phenoxy) is 1. The van der Waals surface area contributed by atoms with Crippen LogP contribution >= 0.6 is 15.9 Å². The quantitative estimate of drug-likeness (QED) is 0.542. The topological polar surface area (TPSA) is 75.6 Å². The molecular weight excluding hydrogens is 468 g/mol. The van der Waals surface area contributed by atoms with Gasteiger partial charge >= 0.3 is 0 Å². The Morgan fingerprint density at radius 2 is 1.60 bits per heavy atom. The molecule has 1 aromatic heterocycles. The van der Waals surface area contributed by atoms with Gasteiger partial charge in [-0.3, -0.25) is 0 Å². The average Bonchev–Trinajstić information content (AvgIpc) is 2.74. The van der Waals surface area contributed by atoms with Gasteiger partial charge in [0.25, 0.3) is 0 Å². The van der Waals surface area contributed by atoms with E-state index in [9.17, 15) is 8.42 Å². The maximum atomic E-state index is 12.9. The number of anilines is 1. The highest BCUT2D eigenvalue weighted by molar-refractivity contribution is 9.10. The van der Waals surface area contributed by atoms with E-state index < -0.39 is 10.0 Å². The second-order valence-corrected chi connectivity index (χ2v) is 9.73. The zero-order valence-corrected chi connectivity index (χ0v) is 18.8. The van der Waals surface area contributed by atoms with Crippen molar-refractivity contribution in [2.75, 3.05) is 31.1 Å². The van der Waals surface area contributed by atoms with Crippen molar-refractivity contribution in [3.8, 4) is 11.6 Å². The molecule has 7 nitrogen and oxygen atoms in total. The number of nitrogens with zero attached hydrogens (tertiary/aromatic N) is 4. The Morgan fingerprint density at radius 1 is 0.933 bits per heavy atom. The number of hydrogen-bond donors (Lipinski definition) is 0. The number of hydrogen-bond acceptors (Lipinski definition) is 6. The van der Waals surface area contributed by atoms with Crippen LogP contribution in [0.25, 0.3) is 0 Å². The molecule has 1 aliphatic heterocycles. The Labute approximate surface area is 184 Å². The fourth-order valence-corrected chi connectivity index (χ4v) is 4.95. The number of rotatable bonds is 5. The van der Waals surface area contributed by atoms with E-state index in [0.717, 1.165) is 10.3 Å². The van der Waals surface area contributed by atoms with E-state index in [0.29, 0.717) is 48.5 Å². The molecule has 4 rings (SSSR count). The summed E-state index contributed by atoms with van der Waals surface area (Å²) in [5, 5.41) is 0. The van der Waals surface area contributed by atoms with Gasteiger partial charge in [0.15, 0.2) is 0 Å². The first-order valence-corrected chi connectivity index (χ1v) is 11.7. The van der Waals surface area contributed by atoms with Crippen LogP contribution in [-0.2, 0) is 10.0 Å². The van der Waals surface area contributed by atoms with Crippen molar-refractivity contribution in [2.45, 2.75) is 11.8 Å². The minimum absolute atomic E-state index is 0.301. The largest absolute Gasteiger partial charge is 0.439 e. The number of sulfonamides is 1. The molecule has 1 aliphatic rings. The monoisotopic (exact) mass is 488 g/mol. The molecule has 0 amide bonds. The summed E-state index contributed by atoms with van der Waals surface area (Å²) >= 11 is 3.34. The van der Waals surface area contributed by atoms with Crippen molar-refractivity contribution in [3.63, 3.8) is 0 Å². The molecule has 1 saturated heterocycles. The molecule has 2 heterocycles. The molecule has 9 heteroatoms. The van der Waals surface area contributed by atoms with Gasteiger partial charge in [0, 0.05) is 36.7 Å². The highest BCUT2D eigenvalue weighted by Gasteiger charge is 2.29. The first kappa shape index (κ1) is 20.8. The van der Waals surface area contributed by atoms with Gasteiger partial charge in [0.2, 0.25) is 15.9 Å². The number of halogens is 1. The zero-order valence-electron chi connectivity index (χ0n) is 16.4. The SMILES string of the molecule is Cc1nc(Oc2ccccc2)cc(N2CCN(S(=O)(=O)c3ccc(Br)cc3)CC2)n1. The zero-order chi connectivity index (χ0) is 21.1. The smallest absolute Gasteiger partial charge is 0.243 e. The Bertz CT molecular complexity index is 1120. The lowest BCUT2D eigenvalue weighted by Gasteiger charge is -2.34. The molecule has 3 aromatic rings. The van der Waals surface area contributed by atoms with Crippen molar-refractivity contribution >= 4 is 31.8 Å². The van der Waals surface area contributed by atoms with E-state index in [1.54, 1.807) is 30.3 Å². The Balaban J connectivity index is 1.47. The van der Waals surface area contributed by atoms with Crippen molar-refractivity contribution in [1.82, 2.24) is 14.3 Å². The molecule has 0 radical (unpaired) electrons. The predicted octanol–water partition coefficient (Wildman–Crippen LogP) is 3.85. The minimum atomic E-state index is -3.51. The summed E-state index contributed by atoms with van der Waals surface area (Å²) in [5.74, 6) is 2.50. The average molecular weight is 489 g/mol. The standard InChI is InChI=1S/C21H21BrN4O3S/c1-16-23-20(15-21(24-16)29-18-5-3-2-4-6-18)25-11-13-26(14-12-25)30(27,28)19-9-7-17(22)8-10-19/h2-10,15H,11-14H2,1H3. The van der Waals surface area contributed by atoms with E-state index >= 15 is 0 Å². The summed E-state index contributed by atoms with van der Waals surface area (Å²) in [6, 6.07) is 17.9. The molecule has 0 aliphatic carbocycles. The van der Waals surface area contributed by atoms with Gasteiger partial charge in [-0.1, -0.05) is 34.1 Å². The molecule has 0 spiro atoms. The van der Waals surface area contributed by atoms with E-state index in [1.165, 1.54) is 4.31 Å². The van der Waals surface area contributed by atoms with Gasteiger partial charge < -0.3 is 9.64 Å². The van der Waals surface area contributed by atoms with Crippen LogP contribution in [0.2, 0.25) is 0 Å². The number of piperazine rings is 1. The summed E-state index contributed by atoms with van der Waals surface area (Å²) in [5.41, 5.74) is 0. The summed E-state index contributed by atoms with van der Waals surface area (Å²) in [7, 11) is -3.51. The number of aryl methyl sites for hydroxylation is 1. The second-order valence-electron chi connectivity index (χ2n) is 6.87. The first-order chi connectivity index (χ1) is 14.4. The molecule has 0 bridgehead atoms. The van der Waals surface area contributed by atoms with Gasteiger partial charge in [-0.2, -0.15) is 9.29 Å². The third-order valence-corrected chi connectivity index (χ3v) is 7.22. The molecule has 156 valence electrons. The van der Waals surface area contributed by atoms with Crippen molar-refractivity contribution in [2.24, 2.45) is 0 Å². The fourth-order valence-electron chi connectivity index (χ4n) is 3.26. The van der Waals surface area contributed by atoms with E-state index in [-0.39, 0.29) is 0 Å². The van der Waals surface area contributed by atoms with Crippen LogP contribution in [0.3, 0.4) is 0 Å². The highest BCUT2D eigenvalue weighted by atomic mass is 79.9. The van der Waals surface area contributed by atoms with Gasteiger partial charge in [-0.05, 0) is 43.3 Å². The summed E-state index contributed by atoms with van der Waals surface area (Å²) in [6.07, 6.45) is 0. The lowest BCUT2D eigenvalue weighted by Crippen LogP contribution is -2.49. The third-order valence-electron chi connectivity index (χ3n) is 4.78. The van der Waals surface area contributed by atoms with Crippen LogP contribution in [0.1, 0.15) is 5.82 Å². The van der Waals surface area contributed by atoms with E-state index in [1.807, 2.05) is 37.3 Å². The molecule has 0 saturated carbocycles. The van der Waals surface area contributed by atoms with E-state index in [4.69, 9.17) is 4.74 Å². The summed E-state index contributed by atoms with van der Waals surface area (Å²) in [6.45, 7) is 3.66. The second kappa shape index (κ2) is 8.71. The molecule has 30 heavy (non-hydrogen) atoms. The molecule has 0 unspecified atom stereocenters. The fraction of sp³-hybridized carbons (Fsp3) is 0.238. The van der Waals surface area contributed by atoms with Crippen LogP contribution in [-0.4, -0.2) is 48.9 Å². The maximum Gasteiger partial charge on any atom is 0.243 e. The van der Waals surface area contributed by atoms with Gasteiger partial charge in [-0.25, -0.2) is 13.4 Å². The third kappa shape index (κ3) is 4.63. The van der Waals surface area contributed by atoms with Crippen LogP contribution in [0.4, 0.5) is 5.82 Å². The van der Waals surface area contributed by atoms with Crippen molar-refractivity contribution in [1.29, 1.82) is 0 Å². The van der Waals surface area contributed by atoms with Gasteiger partial charge in [-0.15, -0.1) is 0 Å². The number of para-hydroxylation sites is 1. The predicted molar refractivity (Wildman–Crippen MR) is 118 cm³/mol. The van der Waals surface area contributed by atoms with Gasteiger partial charge in [0.1, 0.15) is 17.4 Å². The lowest BCUT2D eigenvalue weighted by atomic mass is 10.3. The summed E-state index contributed by atoms with van der Waals surface area (Å²) in [4.78, 5) is 11.2. The number of benzene rings is 2.